The van der Waals surface area contributed by atoms with Crippen LogP contribution in [0.15, 0.2) is 24.3 Å². The lowest BCUT2D eigenvalue weighted by molar-refractivity contribution is -0.167. The van der Waals surface area contributed by atoms with Crippen LogP contribution in [0.4, 0.5) is 0 Å². The minimum Gasteiger partial charge on any atom is -0.462 e. The fourth-order valence-corrected chi connectivity index (χ4v) is 9.25. The van der Waals surface area contributed by atoms with E-state index >= 15 is 0 Å². The van der Waals surface area contributed by atoms with Crippen molar-refractivity contribution in [2.24, 2.45) is 0 Å². The van der Waals surface area contributed by atoms with Gasteiger partial charge in [0.05, 0.1) is 0 Å². The van der Waals surface area contributed by atoms with Crippen LogP contribution in [-0.4, -0.2) is 37.2 Å². The Balaban J connectivity index is 4.25. The number of allylic oxidation sites excluding steroid dienone is 4. The summed E-state index contributed by atoms with van der Waals surface area (Å²) >= 11 is 0. The van der Waals surface area contributed by atoms with Crippen LogP contribution in [0.25, 0.3) is 0 Å². The van der Waals surface area contributed by atoms with Crippen LogP contribution in [0.5, 0.6) is 0 Å². The standard InChI is InChI=1S/C63H118O6/c1-4-7-10-13-16-19-22-24-26-28-30-31-33-34-36-38-41-44-47-50-53-56-62(65)68-59-60(58-67-61(64)55-52-49-46-43-40-21-18-15-12-9-6-3)69-63(66)57-54-51-48-45-42-39-37-35-32-29-27-25-23-20-17-14-11-8-5-2/h15,18,28,30,60H,4-14,16-17,19-27,29,31-59H2,1-3H3/b18-15-,30-28-. The van der Waals surface area contributed by atoms with Crippen LogP contribution in [-0.2, 0) is 28.6 Å². The Kier molecular flexibility index (Phi) is 56.7. The molecule has 1 atom stereocenters. The van der Waals surface area contributed by atoms with Crippen molar-refractivity contribution in [3.8, 4) is 0 Å². The molecule has 0 aromatic heterocycles. The van der Waals surface area contributed by atoms with E-state index in [0.29, 0.717) is 19.3 Å². The van der Waals surface area contributed by atoms with E-state index in [1.807, 2.05) is 0 Å². The molecule has 0 amide bonds. The quantitative estimate of drug-likeness (QED) is 0.0261. The molecule has 6 nitrogen and oxygen atoms in total. The van der Waals surface area contributed by atoms with Crippen LogP contribution in [0.3, 0.4) is 0 Å². The number of esters is 3. The molecule has 0 N–H and O–H groups in total. The maximum absolute atomic E-state index is 12.9. The van der Waals surface area contributed by atoms with Crippen molar-refractivity contribution in [1.82, 2.24) is 0 Å². The third-order valence-electron chi connectivity index (χ3n) is 13.9. The lowest BCUT2D eigenvalue weighted by Gasteiger charge is -2.18. The zero-order chi connectivity index (χ0) is 50.0. The Morgan fingerprint density at radius 1 is 0.275 bits per heavy atom. The van der Waals surface area contributed by atoms with E-state index in [1.54, 1.807) is 0 Å². The van der Waals surface area contributed by atoms with Gasteiger partial charge < -0.3 is 14.2 Å². The molecule has 0 fully saturated rings. The summed E-state index contributed by atoms with van der Waals surface area (Å²) in [6.45, 7) is 6.65. The van der Waals surface area contributed by atoms with Crippen LogP contribution in [0, 0.1) is 0 Å². The van der Waals surface area contributed by atoms with Crippen molar-refractivity contribution in [3.63, 3.8) is 0 Å². The SMILES string of the molecule is CCCC/C=C\CCCCCCCC(=O)OCC(COC(=O)CCCCCCCCCCC/C=C\CCCCCCCCCC)OC(=O)CCCCCCCCCCCCCCCCCCCCC. The molecular formula is C63H118O6. The van der Waals surface area contributed by atoms with Gasteiger partial charge in [0.1, 0.15) is 13.2 Å². The summed E-state index contributed by atoms with van der Waals surface area (Å²) in [5, 5.41) is 0. The highest BCUT2D eigenvalue weighted by atomic mass is 16.6. The van der Waals surface area contributed by atoms with E-state index in [-0.39, 0.29) is 31.1 Å². The predicted molar refractivity (Wildman–Crippen MR) is 298 cm³/mol. The maximum Gasteiger partial charge on any atom is 0.306 e. The van der Waals surface area contributed by atoms with Gasteiger partial charge in [0.2, 0.25) is 0 Å². The summed E-state index contributed by atoms with van der Waals surface area (Å²) < 4.78 is 16.9. The molecule has 0 aliphatic heterocycles. The Hall–Kier alpha value is -2.11. The van der Waals surface area contributed by atoms with Crippen LogP contribution < -0.4 is 0 Å². The molecule has 0 spiro atoms. The highest BCUT2D eigenvalue weighted by Gasteiger charge is 2.19. The highest BCUT2D eigenvalue weighted by Crippen LogP contribution is 2.17. The summed E-state index contributed by atoms with van der Waals surface area (Å²) in [5.41, 5.74) is 0. The van der Waals surface area contributed by atoms with Crippen LogP contribution in [0.2, 0.25) is 0 Å². The lowest BCUT2D eigenvalue weighted by Crippen LogP contribution is -2.30. The molecule has 1 unspecified atom stereocenters. The fourth-order valence-electron chi connectivity index (χ4n) is 9.25. The minimum atomic E-state index is -0.771. The number of hydrogen-bond donors (Lipinski definition) is 0. The maximum atomic E-state index is 12.9. The average Bonchev–Trinajstić information content (AvgIpc) is 3.35. The zero-order valence-corrected chi connectivity index (χ0v) is 46.6. The van der Waals surface area contributed by atoms with Crippen molar-refractivity contribution in [3.05, 3.63) is 24.3 Å². The second-order valence-electron chi connectivity index (χ2n) is 21.0. The summed E-state index contributed by atoms with van der Waals surface area (Å²) in [4.78, 5) is 38.2. The van der Waals surface area contributed by atoms with Gasteiger partial charge in [-0.2, -0.15) is 0 Å². The molecule has 0 bridgehead atoms. The Morgan fingerprint density at radius 2 is 0.493 bits per heavy atom. The normalized spacial score (nSPS) is 12.1. The summed E-state index contributed by atoms with van der Waals surface area (Å²) in [7, 11) is 0. The Bertz CT molecular complexity index is 1110. The van der Waals surface area contributed by atoms with Gasteiger partial charge in [-0.05, 0) is 64.2 Å². The van der Waals surface area contributed by atoms with Crippen molar-refractivity contribution >= 4 is 17.9 Å². The van der Waals surface area contributed by atoms with Crippen LogP contribution >= 0.6 is 0 Å². The van der Waals surface area contributed by atoms with E-state index < -0.39 is 6.10 Å². The number of hydrogen-bond acceptors (Lipinski definition) is 6. The fraction of sp³-hybridized carbons (Fsp3) is 0.889. The van der Waals surface area contributed by atoms with Crippen molar-refractivity contribution in [2.75, 3.05) is 13.2 Å². The van der Waals surface area contributed by atoms with Crippen LogP contribution in [0.1, 0.15) is 342 Å². The summed E-state index contributed by atoms with van der Waals surface area (Å²) in [5.74, 6) is -0.860. The average molecular weight is 972 g/mol. The molecule has 0 rings (SSSR count). The zero-order valence-electron chi connectivity index (χ0n) is 46.6. The molecule has 69 heavy (non-hydrogen) atoms. The topological polar surface area (TPSA) is 78.9 Å². The molecule has 0 heterocycles. The number of ether oxygens (including phenoxy) is 3. The number of carbonyl (C=O) groups is 3. The van der Waals surface area contributed by atoms with Crippen molar-refractivity contribution in [2.45, 2.75) is 348 Å². The molecule has 406 valence electrons. The van der Waals surface area contributed by atoms with E-state index in [0.717, 1.165) is 64.2 Å². The number of rotatable bonds is 57. The highest BCUT2D eigenvalue weighted by molar-refractivity contribution is 5.71. The van der Waals surface area contributed by atoms with Gasteiger partial charge in [-0.1, -0.05) is 283 Å². The second-order valence-corrected chi connectivity index (χ2v) is 21.0. The molecule has 0 saturated heterocycles. The first-order valence-corrected chi connectivity index (χ1v) is 30.8. The first-order valence-electron chi connectivity index (χ1n) is 30.8. The van der Waals surface area contributed by atoms with Crippen molar-refractivity contribution in [1.29, 1.82) is 0 Å². The molecule has 0 radical (unpaired) electrons. The first-order chi connectivity index (χ1) is 34.0. The monoisotopic (exact) mass is 971 g/mol. The summed E-state index contributed by atoms with van der Waals surface area (Å²) in [6, 6.07) is 0. The smallest absolute Gasteiger partial charge is 0.306 e. The second kappa shape index (κ2) is 58.5. The molecule has 0 aromatic rings. The van der Waals surface area contributed by atoms with E-state index in [1.165, 1.54) is 238 Å². The third kappa shape index (κ3) is 56.7. The van der Waals surface area contributed by atoms with E-state index in [2.05, 4.69) is 45.1 Å². The van der Waals surface area contributed by atoms with Gasteiger partial charge in [-0.25, -0.2) is 0 Å². The predicted octanol–water partition coefficient (Wildman–Crippen LogP) is 20.7. The van der Waals surface area contributed by atoms with Gasteiger partial charge in [0, 0.05) is 19.3 Å². The first kappa shape index (κ1) is 66.9. The molecule has 6 heteroatoms. The Morgan fingerprint density at radius 3 is 0.768 bits per heavy atom. The van der Waals surface area contributed by atoms with Crippen molar-refractivity contribution < 1.29 is 28.6 Å². The summed E-state index contributed by atoms with van der Waals surface area (Å²) in [6.07, 6.45) is 69.0. The van der Waals surface area contributed by atoms with Gasteiger partial charge in [0.25, 0.3) is 0 Å². The lowest BCUT2D eigenvalue weighted by atomic mass is 10.0. The number of unbranched alkanes of at least 4 members (excludes halogenated alkanes) is 42. The molecule has 0 aromatic carbocycles. The molecular weight excluding hydrogens is 853 g/mol. The Labute approximate surface area is 430 Å². The minimum absolute atomic E-state index is 0.0705. The molecule has 0 saturated carbocycles. The van der Waals surface area contributed by atoms with Gasteiger partial charge in [-0.15, -0.1) is 0 Å². The van der Waals surface area contributed by atoms with E-state index in [9.17, 15) is 14.4 Å². The third-order valence-corrected chi connectivity index (χ3v) is 13.9. The van der Waals surface area contributed by atoms with Gasteiger partial charge in [-0.3, -0.25) is 14.4 Å². The van der Waals surface area contributed by atoms with Gasteiger partial charge in [0.15, 0.2) is 6.10 Å². The number of carbonyl (C=O) groups excluding carboxylic acids is 3. The largest absolute Gasteiger partial charge is 0.462 e. The molecule has 0 aliphatic rings. The molecule has 0 aliphatic carbocycles. The van der Waals surface area contributed by atoms with Gasteiger partial charge >= 0.3 is 17.9 Å². The van der Waals surface area contributed by atoms with E-state index in [4.69, 9.17) is 14.2 Å².